The highest BCUT2D eigenvalue weighted by molar-refractivity contribution is 6.45. The quantitative estimate of drug-likeness (QED) is 0.696. The minimum atomic E-state index is 0.167. The molecule has 0 saturated carbocycles. The monoisotopic (exact) mass is 254 g/mol. The van der Waals surface area contributed by atoms with E-state index in [0.29, 0.717) is 21.1 Å². The van der Waals surface area contributed by atoms with Crippen LogP contribution in [-0.4, -0.2) is 9.07 Å². The third-order valence-electron chi connectivity index (χ3n) is 1.63. The van der Waals surface area contributed by atoms with Crippen LogP contribution < -0.4 is 0 Å². The van der Waals surface area contributed by atoms with Crippen LogP contribution in [0.1, 0.15) is 0 Å². The van der Waals surface area contributed by atoms with Gasteiger partial charge in [0, 0.05) is 11.8 Å². The molecule has 13 heavy (non-hydrogen) atoms. The van der Waals surface area contributed by atoms with Gasteiger partial charge in [0.25, 0.3) is 0 Å². The maximum atomic E-state index is 5.89. The van der Waals surface area contributed by atoms with E-state index in [9.17, 15) is 0 Å². The molecule has 6 heteroatoms. The lowest BCUT2D eigenvalue weighted by Gasteiger charge is -1.95. The van der Waals surface area contributed by atoms with Gasteiger partial charge in [0.15, 0.2) is 0 Å². The van der Waals surface area contributed by atoms with Gasteiger partial charge in [-0.2, -0.15) is 0 Å². The van der Waals surface area contributed by atoms with Crippen molar-refractivity contribution >= 4 is 57.6 Å². The van der Waals surface area contributed by atoms with Crippen molar-refractivity contribution in [2.24, 2.45) is 0 Å². The van der Waals surface area contributed by atoms with Crippen molar-refractivity contribution < 1.29 is 0 Å². The molecule has 0 spiro atoms. The van der Waals surface area contributed by atoms with Gasteiger partial charge in [-0.3, -0.25) is 0 Å². The molecule has 1 heterocycles. The molecule has 0 aliphatic rings. The molecular weight excluding hydrogens is 254 g/mol. The van der Waals surface area contributed by atoms with Crippen LogP contribution in [0.25, 0.3) is 11.0 Å². The number of benzene rings is 1. The van der Waals surface area contributed by atoms with Crippen molar-refractivity contribution in [2.45, 2.75) is 0 Å². The minimum absolute atomic E-state index is 0.167. The van der Waals surface area contributed by atoms with Gasteiger partial charge in [0.05, 0.1) is 15.6 Å². The predicted molar refractivity (Wildman–Crippen MR) is 56.0 cm³/mol. The summed E-state index contributed by atoms with van der Waals surface area (Å²) in [4.78, 5) is 3.95. The van der Waals surface area contributed by atoms with Gasteiger partial charge in [-0.15, -0.1) is 0 Å². The molecule has 0 bridgehead atoms. The van der Waals surface area contributed by atoms with Crippen LogP contribution in [0.15, 0.2) is 12.1 Å². The molecule has 1 aromatic carbocycles. The zero-order valence-corrected chi connectivity index (χ0v) is 9.08. The zero-order valence-electron chi connectivity index (χ0n) is 6.06. The summed E-state index contributed by atoms with van der Waals surface area (Å²) in [6.07, 6.45) is 0. The molecule has 0 unspecified atom stereocenters. The summed E-state index contributed by atoms with van der Waals surface area (Å²) in [5.74, 6) is 0. The van der Waals surface area contributed by atoms with Crippen molar-refractivity contribution in [2.75, 3.05) is 0 Å². The average molecular weight is 256 g/mol. The first-order chi connectivity index (χ1) is 6.11. The Balaban J connectivity index is 2.94. The fourth-order valence-electron chi connectivity index (χ4n) is 1.03. The molecule has 0 saturated heterocycles. The Morgan fingerprint density at radius 3 is 2.54 bits per heavy atom. The van der Waals surface area contributed by atoms with Gasteiger partial charge >= 0.3 is 0 Å². The van der Waals surface area contributed by atoms with E-state index in [0.717, 1.165) is 0 Å². The Bertz CT molecular complexity index is 477. The summed E-state index contributed by atoms with van der Waals surface area (Å²) < 4.78 is 1.22. The molecule has 0 atom stereocenters. The average Bonchev–Trinajstić information content (AvgIpc) is 2.38. The molecule has 2 rings (SSSR count). The summed E-state index contributed by atoms with van der Waals surface area (Å²) in [7, 11) is 0. The maximum absolute atomic E-state index is 5.89. The van der Waals surface area contributed by atoms with Crippen LogP contribution >= 0.6 is 46.6 Å². The van der Waals surface area contributed by atoms with Crippen LogP contribution in [-0.2, 0) is 0 Å². The largest absolute Gasteiger partial charge is 0.224 e. The lowest BCUT2D eigenvalue weighted by molar-refractivity contribution is 1.25. The summed E-state index contributed by atoms with van der Waals surface area (Å²) in [6.45, 7) is 0. The van der Waals surface area contributed by atoms with Crippen molar-refractivity contribution in [3.05, 3.63) is 27.5 Å². The van der Waals surface area contributed by atoms with Crippen molar-refractivity contribution in [1.82, 2.24) is 9.07 Å². The smallest absolute Gasteiger partial charge is 0.218 e. The molecular formula is C7H2Cl4N2. The number of imidazole rings is 1. The zero-order chi connectivity index (χ0) is 9.59. The highest BCUT2D eigenvalue weighted by Gasteiger charge is 2.12. The highest BCUT2D eigenvalue weighted by atomic mass is 35.5. The standard InChI is InChI=1S/C7H2Cl4N2/c8-3-1-2-4-6(5(3)9)12-7(10)13(4)11/h1-2H. The predicted octanol–water partition coefficient (Wildman–Crippen LogP) is 4.00. The first-order valence-electron chi connectivity index (χ1n) is 3.29. The molecule has 0 aliphatic carbocycles. The van der Waals surface area contributed by atoms with Crippen LogP contribution in [0.2, 0.25) is 15.3 Å². The van der Waals surface area contributed by atoms with E-state index in [1.807, 2.05) is 0 Å². The SMILES string of the molecule is Clc1ccc2c(nc(Cl)n2Cl)c1Cl. The Hall–Kier alpha value is -0.150. The number of aromatic nitrogens is 2. The number of nitrogens with zero attached hydrogens (tertiary/aromatic N) is 2. The fraction of sp³-hybridized carbons (Fsp3) is 0. The molecule has 1 aromatic heterocycles. The Kier molecular flexibility index (Phi) is 2.32. The second kappa shape index (κ2) is 3.21. The molecule has 68 valence electrons. The van der Waals surface area contributed by atoms with Gasteiger partial charge in [0.2, 0.25) is 5.28 Å². The topological polar surface area (TPSA) is 17.8 Å². The van der Waals surface area contributed by atoms with E-state index >= 15 is 0 Å². The number of halogens is 4. The number of hydrogen-bond donors (Lipinski definition) is 0. The van der Waals surface area contributed by atoms with Gasteiger partial charge in [-0.25, -0.2) is 9.07 Å². The second-order valence-corrected chi connectivity index (χ2v) is 3.85. The van der Waals surface area contributed by atoms with Crippen LogP contribution in [0, 0.1) is 0 Å². The van der Waals surface area contributed by atoms with E-state index < -0.39 is 0 Å². The van der Waals surface area contributed by atoms with Crippen LogP contribution in [0.5, 0.6) is 0 Å². The normalized spacial score (nSPS) is 11.1. The third-order valence-corrected chi connectivity index (χ3v) is 3.10. The lowest BCUT2D eigenvalue weighted by atomic mass is 10.3. The Morgan fingerprint density at radius 2 is 1.85 bits per heavy atom. The van der Waals surface area contributed by atoms with E-state index in [1.54, 1.807) is 12.1 Å². The lowest BCUT2D eigenvalue weighted by Crippen LogP contribution is -1.78. The Morgan fingerprint density at radius 1 is 1.15 bits per heavy atom. The fourth-order valence-corrected chi connectivity index (χ4v) is 1.73. The van der Waals surface area contributed by atoms with E-state index in [1.165, 1.54) is 4.09 Å². The van der Waals surface area contributed by atoms with Crippen LogP contribution in [0.3, 0.4) is 0 Å². The first-order valence-corrected chi connectivity index (χ1v) is 4.76. The van der Waals surface area contributed by atoms with Gasteiger partial charge in [0.1, 0.15) is 5.52 Å². The molecule has 0 aliphatic heterocycles. The maximum Gasteiger partial charge on any atom is 0.218 e. The molecule has 2 aromatic rings. The van der Waals surface area contributed by atoms with Crippen molar-refractivity contribution in [1.29, 1.82) is 0 Å². The van der Waals surface area contributed by atoms with Gasteiger partial charge < -0.3 is 0 Å². The highest BCUT2D eigenvalue weighted by Crippen LogP contribution is 2.32. The molecule has 2 nitrogen and oxygen atoms in total. The van der Waals surface area contributed by atoms with Crippen molar-refractivity contribution in [3.8, 4) is 0 Å². The molecule has 0 N–H and O–H groups in total. The van der Waals surface area contributed by atoms with E-state index in [-0.39, 0.29) is 5.28 Å². The number of fused-ring (bicyclic) bond motifs is 1. The van der Waals surface area contributed by atoms with Crippen LogP contribution in [0.4, 0.5) is 0 Å². The van der Waals surface area contributed by atoms with E-state index in [4.69, 9.17) is 46.6 Å². The summed E-state index contributed by atoms with van der Waals surface area (Å²) in [5, 5.41) is 0.960. The summed E-state index contributed by atoms with van der Waals surface area (Å²) in [5.41, 5.74) is 1.15. The number of hydrogen-bond acceptors (Lipinski definition) is 1. The van der Waals surface area contributed by atoms with Crippen molar-refractivity contribution in [3.63, 3.8) is 0 Å². The third kappa shape index (κ3) is 1.38. The molecule has 0 fully saturated rings. The van der Waals surface area contributed by atoms with E-state index in [2.05, 4.69) is 4.98 Å². The first kappa shape index (κ1) is 9.41. The minimum Gasteiger partial charge on any atom is -0.224 e. The molecule has 0 radical (unpaired) electrons. The summed E-state index contributed by atoms with van der Waals surface area (Å²) >= 11 is 23.1. The Labute approximate surface area is 94.1 Å². The summed E-state index contributed by atoms with van der Waals surface area (Å²) in [6, 6.07) is 3.35. The van der Waals surface area contributed by atoms with Gasteiger partial charge in [-0.05, 0) is 23.7 Å². The number of rotatable bonds is 0. The van der Waals surface area contributed by atoms with Gasteiger partial charge in [-0.1, -0.05) is 23.2 Å². The molecule has 0 amide bonds. The second-order valence-electron chi connectivity index (χ2n) is 2.39.